The summed E-state index contributed by atoms with van der Waals surface area (Å²) in [4.78, 5) is 22.6. The second-order valence-electron chi connectivity index (χ2n) is 3.78. The van der Waals surface area contributed by atoms with Crippen LogP contribution in [0.1, 0.15) is 5.56 Å². The van der Waals surface area contributed by atoms with Gasteiger partial charge in [-0.15, -0.1) is 0 Å². The number of aliphatic carboxylic acids is 1. The number of carboxylic acids is 1. The van der Waals surface area contributed by atoms with Gasteiger partial charge in [0.2, 0.25) is 0 Å². The zero-order valence-corrected chi connectivity index (χ0v) is 9.86. The lowest BCUT2D eigenvalue weighted by atomic mass is 10.1. The average Bonchev–Trinajstić information content (AvgIpc) is 2.24. The number of aryl methyl sites for hydroxylation is 1. The summed E-state index contributed by atoms with van der Waals surface area (Å²) in [6, 6.07) is 6.84. The van der Waals surface area contributed by atoms with E-state index >= 15 is 0 Å². The van der Waals surface area contributed by atoms with Crippen molar-refractivity contribution in [2.24, 2.45) is 7.05 Å². The maximum absolute atomic E-state index is 11.9. The lowest BCUT2D eigenvalue weighted by Crippen LogP contribution is -2.23. The van der Waals surface area contributed by atoms with Gasteiger partial charge in [0.05, 0.1) is 17.0 Å². The van der Waals surface area contributed by atoms with Gasteiger partial charge in [-0.2, -0.15) is 0 Å². The lowest BCUT2D eigenvalue weighted by molar-refractivity contribution is -0.136. The number of carbonyl (C=O) groups is 1. The van der Waals surface area contributed by atoms with Crippen LogP contribution in [0.3, 0.4) is 0 Å². The highest BCUT2D eigenvalue weighted by Gasteiger charge is 2.11. The van der Waals surface area contributed by atoms with Crippen molar-refractivity contribution >= 4 is 28.5 Å². The molecule has 0 atom stereocenters. The molecule has 0 amide bonds. The van der Waals surface area contributed by atoms with Crippen molar-refractivity contribution in [3.63, 3.8) is 0 Å². The fourth-order valence-electron chi connectivity index (χ4n) is 1.86. The van der Waals surface area contributed by atoms with Crippen LogP contribution in [-0.4, -0.2) is 15.6 Å². The molecule has 2 aromatic rings. The second kappa shape index (κ2) is 4.22. The summed E-state index contributed by atoms with van der Waals surface area (Å²) in [7, 11) is 1.59. The van der Waals surface area contributed by atoms with E-state index in [2.05, 4.69) is 0 Å². The summed E-state index contributed by atoms with van der Waals surface area (Å²) < 4.78 is 1.38. The molecule has 0 saturated heterocycles. The molecule has 1 aromatic carbocycles. The molecule has 0 saturated carbocycles. The Hall–Kier alpha value is -1.81. The van der Waals surface area contributed by atoms with Gasteiger partial charge in [-0.1, -0.05) is 23.7 Å². The number of benzene rings is 1. The first-order chi connectivity index (χ1) is 8.00. The second-order valence-corrected chi connectivity index (χ2v) is 4.19. The molecular formula is C12H10ClNO3. The Morgan fingerprint density at radius 1 is 1.47 bits per heavy atom. The first-order valence-corrected chi connectivity index (χ1v) is 5.37. The Balaban J connectivity index is 2.80. The molecule has 17 heavy (non-hydrogen) atoms. The number of nitrogens with zero attached hydrogens (tertiary/aromatic N) is 1. The van der Waals surface area contributed by atoms with Crippen LogP contribution in [0.15, 0.2) is 29.1 Å². The maximum Gasteiger partial charge on any atom is 0.308 e. The van der Waals surface area contributed by atoms with Crippen LogP contribution in [0.25, 0.3) is 10.9 Å². The van der Waals surface area contributed by atoms with Crippen LogP contribution in [0, 0.1) is 0 Å². The molecule has 1 N–H and O–H groups in total. The number of hydrogen-bond donors (Lipinski definition) is 1. The molecule has 88 valence electrons. The molecule has 0 bridgehead atoms. The van der Waals surface area contributed by atoms with Crippen molar-refractivity contribution in [2.75, 3.05) is 0 Å². The standard InChI is InChI=1S/C12H10ClNO3/c1-14-11-7(3-2-4-9(11)13)5-8(12(14)17)6-10(15)16/h2-5H,6H2,1H3,(H,15,16). The predicted molar refractivity (Wildman–Crippen MR) is 65.5 cm³/mol. The Kier molecular flexibility index (Phi) is 2.90. The van der Waals surface area contributed by atoms with Crippen LogP contribution >= 0.6 is 11.6 Å². The largest absolute Gasteiger partial charge is 0.481 e. The predicted octanol–water partition coefficient (Wildman–Crippen LogP) is 1.82. The van der Waals surface area contributed by atoms with Gasteiger partial charge >= 0.3 is 5.97 Å². The monoisotopic (exact) mass is 251 g/mol. The van der Waals surface area contributed by atoms with Crippen molar-refractivity contribution in [3.8, 4) is 0 Å². The van der Waals surface area contributed by atoms with E-state index in [0.29, 0.717) is 10.5 Å². The average molecular weight is 252 g/mol. The number of aromatic nitrogens is 1. The zero-order valence-electron chi connectivity index (χ0n) is 9.11. The van der Waals surface area contributed by atoms with E-state index in [0.717, 1.165) is 5.39 Å². The normalized spacial score (nSPS) is 10.7. The van der Waals surface area contributed by atoms with E-state index in [4.69, 9.17) is 16.7 Å². The third-order valence-corrected chi connectivity index (χ3v) is 2.91. The van der Waals surface area contributed by atoms with E-state index in [1.807, 2.05) is 0 Å². The highest BCUT2D eigenvalue weighted by atomic mass is 35.5. The van der Waals surface area contributed by atoms with Crippen molar-refractivity contribution < 1.29 is 9.90 Å². The molecular weight excluding hydrogens is 242 g/mol. The van der Waals surface area contributed by atoms with Crippen LogP contribution in [0.4, 0.5) is 0 Å². The van der Waals surface area contributed by atoms with E-state index in [-0.39, 0.29) is 17.5 Å². The first-order valence-electron chi connectivity index (χ1n) is 4.99. The van der Waals surface area contributed by atoms with Crippen LogP contribution in [0.2, 0.25) is 5.02 Å². The van der Waals surface area contributed by atoms with Crippen LogP contribution in [0.5, 0.6) is 0 Å². The van der Waals surface area contributed by atoms with Crippen molar-refractivity contribution in [3.05, 3.63) is 45.2 Å². The molecule has 1 heterocycles. The van der Waals surface area contributed by atoms with Gasteiger partial charge in [0.15, 0.2) is 0 Å². The van der Waals surface area contributed by atoms with E-state index < -0.39 is 5.97 Å². The molecule has 0 unspecified atom stereocenters. The van der Waals surface area contributed by atoms with Crippen LogP contribution < -0.4 is 5.56 Å². The fourth-order valence-corrected chi connectivity index (χ4v) is 2.17. The minimum atomic E-state index is -1.02. The Bertz CT molecular complexity index is 661. The minimum Gasteiger partial charge on any atom is -0.481 e. The van der Waals surface area contributed by atoms with E-state index in [1.54, 1.807) is 31.3 Å². The molecule has 4 nitrogen and oxygen atoms in total. The number of halogens is 1. The third-order valence-electron chi connectivity index (χ3n) is 2.60. The topological polar surface area (TPSA) is 59.3 Å². The van der Waals surface area contributed by atoms with Gasteiger partial charge < -0.3 is 9.67 Å². The molecule has 0 radical (unpaired) electrons. The van der Waals surface area contributed by atoms with E-state index in [9.17, 15) is 9.59 Å². The molecule has 0 aliphatic rings. The molecule has 0 aliphatic heterocycles. The van der Waals surface area contributed by atoms with Gasteiger partial charge in [-0.05, 0) is 12.1 Å². The number of pyridine rings is 1. The van der Waals surface area contributed by atoms with E-state index in [1.165, 1.54) is 4.57 Å². The van der Waals surface area contributed by atoms with Gasteiger partial charge in [-0.3, -0.25) is 9.59 Å². The van der Waals surface area contributed by atoms with Crippen molar-refractivity contribution in [1.82, 2.24) is 4.57 Å². The summed E-state index contributed by atoms with van der Waals surface area (Å²) in [5.74, 6) is -1.02. The summed E-state index contributed by atoms with van der Waals surface area (Å²) in [5.41, 5.74) is 0.552. The van der Waals surface area contributed by atoms with Gasteiger partial charge in [0.25, 0.3) is 5.56 Å². The summed E-state index contributed by atoms with van der Waals surface area (Å²) in [5, 5.41) is 9.97. The summed E-state index contributed by atoms with van der Waals surface area (Å²) >= 11 is 6.02. The molecule has 0 spiro atoms. The summed E-state index contributed by atoms with van der Waals surface area (Å²) in [6.07, 6.45) is -0.283. The number of hydrogen-bond acceptors (Lipinski definition) is 2. The van der Waals surface area contributed by atoms with Gasteiger partial charge in [0, 0.05) is 18.0 Å². The quantitative estimate of drug-likeness (QED) is 0.886. The Morgan fingerprint density at radius 2 is 2.18 bits per heavy atom. The number of carboxylic acid groups (broad SMARTS) is 1. The maximum atomic E-state index is 11.9. The van der Waals surface area contributed by atoms with Crippen LogP contribution in [-0.2, 0) is 18.3 Å². The summed E-state index contributed by atoms with van der Waals surface area (Å²) in [6.45, 7) is 0. The fraction of sp³-hybridized carbons (Fsp3) is 0.167. The lowest BCUT2D eigenvalue weighted by Gasteiger charge is -2.08. The molecule has 5 heteroatoms. The Labute approximate surface area is 102 Å². The Morgan fingerprint density at radius 3 is 2.82 bits per heavy atom. The first kappa shape index (κ1) is 11.7. The molecule has 0 aliphatic carbocycles. The van der Waals surface area contributed by atoms with Crippen molar-refractivity contribution in [2.45, 2.75) is 6.42 Å². The third kappa shape index (κ3) is 2.03. The zero-order chi connectivity index (χ0) is 12.6. The number of fused-ring (bicyclic) bond motifs is 1. The number of rotatable bonds is 2. The highest BCUT2D eigenvalue weighted by Crippen LogP contribution is 2.22. The SMILES string of the molecule is Cn1c(=O)c(CC(=O)O)cc2cccc(Cl)c21. The molecule has 0 fully saturated rings. The van der Waals surface area contributed by atoms with Gasteiger partial charge in [-0.25, -0.2) is 0 Å². The minimum absolute atomic E-state index is 0.259. The number of para-hydroxylation sites is 1. The highest BCUT2D eigenvalue weighted by molar-refractivity contribution is 6.35. The smallest absolute Gasteiger partial charge is 0.308 e. The molecule has 1 aromatic heterocycles. The molecule has 2 rings (SSSR count). The van der Waals surface area contributed by atoms with Crippen molar-refractivity contribution in [1.29, 1.82) is 0 Å². The van der Waals surface area contributed by atoms with Gasteiger partial charge in [0.1, 0.15) is 0 Å².